The minimum Gasteiger partial charge on any atom is -0.494 e. The summed E-state index contributed by atoms with van der Waals surface area (Å²) < 4.78 is 45.5. The summed E-state index contributed by atoms with van der Waals surface area (Å²) >= 11 is 0. The first-order chi connectivity index (χ1) is 33.2. The van der Waals surface area contributed by atoms with Gasteiger partial charge in [0.2, 0.25) is 0 Å². The van der Waals surface area contributed by atoms with Crippen LogP contribution < -0.4 is 18.9 Å². The molecule has 0 spiro atoms. The molecular weight excluding hydrogens is 865 g/mol. The van der Waals surface area contributed by atoms with Crippen molar-refractivity contribution in [1.82, 2.24) is 0 Å². The number of hydrogen-bond donors (Lipinski definition) is 0. The lowest BCUT2D eigenvalue weighted by atomic mass is 9.67. The van der Waals surface area contributed by atoms with E-state index < -0.39 is 11.9 Å². The molecule has 364 valence electrons. The Balaban J connectivity index is 0.806. The van der Waals surface area contributed by atoms with Gasteiger partial charge in [-0.05, 0) is 185 Å². The van der Waals surface area contributed by atoms with Crippen molar-refractivity contribution in [3.05, 3.63) is 108 Å². The molecule has 3 aliphatic rings. The predicted octanol–water partition coefficient (Wildman–Crippen LogP) is 11.4. The van der Waals surface area contributed by atoms with Crippen molar-refractivity contribution in [3.63, 3.8) is 0 Å². The Bertz CT molecular complexity index is 2280. The molecule has 12 nitrogen and oxygen atoms in total. The van der Waals surface area contributed by atoms with Gasteiger partial charge >= 0.3 is 23.9 Å². The third-order valence-corrected chi connectivity index (χ3v) is 13.2. The molecule has 68 heavy (non-hydrogen) atoms. The van der Waals surface area contributed by atoms with E-state index in [9.17, 15) is 19.2 Å². The molecule has 1 heterocycles. The maximum atomic E-state index is 13.6. The molecular formula is C56H68O12. The number of fused-ring (bicyclic) bond motifs is 2. The lowest BCUT2D eigenvalue weighted by Crippen LogP contribution is -2.37. The van der Waals surface area contributed by atoms with Crippen LogP contribution in [0.5, 0.6) is 23.0 Å². The zero-order chi connectivity index (χ0) is 47.5. The van der Waals surface area contributed by atoms with Gasteiger partial charge < -0.3 is 37.9 Å². The normalized spacial score (nSPS) is 19.6. The highest BCUT2D eigenvalue weighted by Crippen LogP contribution is 2.44. The van der Waals surface area contributed by atoms with Gasteiger partial charge in [-0.3, -0.25) is 4.79 Å². The number of carbonyl (C=O) groups is 4. The topological polar surface area (TPSA) is 145 Å². The van der Waals surface area contributed by atoms with E-state index in [0.717, 1.165) is 137 Å². The average Bonchev–Trinajstić information content (AvgIpc) is 4.19. The summed E-state index contributed by atoms with van der Waals surface area (Å²) in [5, 5.41) is 1.83. The molecule has 0 aromatic heterocycles. The van der Waals surface area contributed by atoms with E-state index in [4.69, 9.17) is 37.9 Å². The van der Waals surface area contributed by atoms with Crippen molar-refractivity contribution in [1.29, 1.82) is 0 Å². The van der Waals surface area contributed by atoms with Crippen molar-refractivity contribution in [2.24, 2.45) is 17.8 Å². The van der Waals surface area contributed by atoms with Crippen molar-refractivity contribution in [2.45, 2.75) is 122 Å². The summed E-state index contributed by atoms with van der Waals surface area (Å²) in [6.45, 7) is 9.38. The van der Waals surface area contributed by atoms with Crippen LogP contribution in [0.4, 0.5) is 0 Å². The van der Waals surface area contributed by atoms with E-state index in [1.807, 2.05) is 42.5 Å². The van der Waals surface area contributed by atoms with Crippen LogP contribution in [0.25, 0.3) is 10.8 Å². The third-order valence-electron chi connectivity index (χ3n) is 13.2. The summed E-state index contributed by atoms with van der Waals surface area (Å²) in [4.78, 5) is 51.2. The quantitative estimate of drug-likeness (QED) is 0.0184. The van der Waals surface area contributed by atoms with Crippen LogP contribution in [-0.4, -0.2) is 75.7 Å². The summed E-state index contributed by atoms with van der Waals surface area (Å²) in [5.74, 6) is 1.54. The molecule has 7 rings (SSSR count). The molecule has 0 amide bonds. The second-order valence-electron chi connectivity index (χ2n) is 18.4. The third kappa shape index (κ3) is 15.7. The second-order valence-corrected chi connectivity index (χ2v) is 18.4. The minimum atomic E-state index is -0.477. The molecule has 4 aromatic rings. The number of ether oxygens (including phenoxy) is 8. The first-order valence-corrected chi connectivity index (χ1v) is 24.9. The molecule has 1 saturated heterocycles. The van der Waals surface area contributed by atoms with Gasteiger partial charge in [0.25, 0.3) is 0 Å². The first-order valence-electron chi connectivity index (χ1n) is 24.9. The van der Waals surface area contributed by atoms with E-state index in [2.05, 4.69) is 13.5 Å². The summed E-state index contributed by atoms with van der Waals surface area (Å²) in [6.07, 6.45) is 15.5. The smallest absolute Gasteiger partial charge is 0.343 e. The molecule has 3 fully saturated rings. The van der Waals surface area contributed by atoms with Crippen molar-refractivity contribution >= 4 is 34.6 Å². The van der Waals surface area contributed by atoms with Gasteiger partial charge in [0, 0.05) is 12.7 Å². The highest BCUT2D eigenvalue weighted by Gasteiger charge is 2.39. The lowest BCUT2D eigenvalue weighted by Gasteiger charge is -2.41. The summed E-state index contributed by atoms with van der Waals surface area (Å²) in [5.41, 5.74) is 1.75. The monoisotopic (exact) mass is 932 g/mol. The van der Waals surface area contributed by atoms with Gasteiger partial charge in [0.05, 0.1) is 50.1 Å². The SMILES string of the molecule is C=CC(=O)OCCCCCCOc1ccc2cc(C(=O)Oc3ccc(OC(=O)C4CCC5CC(OC(=O)c6ccc(OCCCCCCOCC7CO7)cc6)CCC5C4)c(CCC)c3)ccc2c1. The van der Waals surface area contributed by atoms with E-state index in [-0.39, 0.29) is 24.0 Å². The van der Waals surface area contributed by atoms with Crippen LogP contribution in [0, 0.1) is 17.8 Å². The van der Waals surface area contributed by atoms with E-state index in [0.29, 0.717) is 73.4 Å². The maximum Gasteiger partial charge on any atom is 0.343 e. The summed E-state index contributed by atoms with van der Waals surface area (Å²) in [7, 11) is 0. The highest BCUT2D eigenvalue weighted by molar-refractivity contribution is 5.97. The largest absolute Gasteiger partial charge is 0.494 e. The number of carbonyl (C=O) groups excluding carboxylic acids is 4. The molecule has 0 bridgehead atoms. The second kappa shape index (κ2) is 26.1. The lowest BCUT2D eigenvalue weighted by molar-refractivity contribution is -0.142. The van der Waals surface area contributed by atoms with Crippen LogP contribution >= 0.6 is 0 Å². The van der Waals surface area contributed by atoms with Crippen LogP contribution in [0.15, 0.2) is 91.5 Å². The van der Waals surface area contributed by atoms with E-state index in [1.165, 1.54) is 6.08 Å². The van der Waals surface area contributed by atoms with Crippen molar-refractivity contribution in [3.8, 4) is 23.0 Å². The fourth-order valence-electron chi connectivity index (χ4n) is 9.26. The number of esters is 4. The Hall–Kier alpha value is -5.72. The Kier molecular flexibility index (Phi) is 19.3. The Morgan fingerprint density at radius 2 is 1.29 bits per heavy atom. The molecule has 0 N–H and O–H groups in total. The van der Waals surface area contributed by atoms with Crippen molar-refractivity contribution in [2.75, 3.05) is 39.6 Å². The van der Waals surface area contributed by atoms with Gasteiger partial charge in [-0.15, -0.1) is 0 Å². The van der Waals surface area contributed by atoms with Crippen LogP contribution in [0.3, 0.4) is 0 Å². The van der Waals surface area contributed by atoms with E-state index >= 15 is 0 Å². The predicted molar refractivity (Wildman–Crippen MR) is 258 cm³/mol. The maximum absolute atomic E-state index is 13.6. The minimum absolute atomic E-state index is 0.142. The molecule has 1 aliphatic heterocycles. The molecule has 5 atom stereocenters. The number of epoxide rings is 1. The molecule has 2 aliphatic carbocycles. The van der Waals surface area contributed by atoms with Crippen molar-refractivity contribution < 1.29 is 57.1 Å². The molecule has 12 heteroatoms. The number of unbranched alkanes of at least 4 members (excludes halogenated alkanes) is 6. The Labute approximate surface area is 400 Å². The van der Waals surface area contributed by atoms with Gasteiger partial charge in [0.15, 0.2) is 0 Å². The molecule has 4 aromatic carbocycles. The van der Waals surface area contributed by atoms with Crippen LogP contribution in [-0.2, 0) is 35.0 Å². The van der Waals surface area contributed by atoms with Crippen LogP contribution in [0.2, 0.25) is 0 Å². The number of rotatable bonds is 27. The highest BCUT2D eigenvalue weighted by atomic mass is 16.6. The molecule has 2 saturated carbocycles. The first kappa shape index (κ1) is 50.2. The zero-order valence-electron chi connectivity index (χ0n) is 39.6. The zero-order valence-corrected chi connectivity index (χ0v) is 39.6. The standard InChI is InChI=1S/C56H68O12/c1-3-13-44-36-50(67-55(59)45-16-14-42-34-48(24-20-40(42)32-45)63-30-11-7-8-12-31-64-53(57)4-2)26-27-52(44)68-56(60)46-17-15-43-35-49(25-21-41(43)33-46)66-54(58)39-18-22-47(23-19-39)62-29-10-6-5-9-28-61-37-51-38-65-51/h4,14,16,18-20,22-24,26-27,32,34,36,41,43,46,49,51H,2-3,5-13,15,17,21,25,28-31,33,35,37-38H2,1H3. The Morgan fingerprint density at radius 1 is 0.647 bits per heavy atom. The fourth-order valence-corrected chi connectivity index (χ4v) is 9.26. The molecule has 5 unspecified atom stereocenters. The van der Waals surface area contributed by atoms with Gasteiger partial charge in [0.1, 0.15) is 35.2 Å². The van der Waals surface area contributed by atoms with Gasteiger partial charge in [-0.2, -0.15) is 0 Å². The number of aryl methyl sites for hydroxylation is 1. The average molecular weight is 933 g/mol. The summed E-state index contributed by atoms with van der Waals surface area (Å²) in [6, 6.07) is 23.6. The van der Waals surface area contributed by atoms with Crippen LogP contribution in [0.1, 0.15) is 130 Å². The van der Waals surface area contributed by atoms with Gasteiger partial charge in [-0.25, -0.2) is 14.4 Å². The number of benzene rings is 4. The Morgan fingerprint density at radius 3 is 2.04 bits per heavy atom. The number of hydrogen-bond acceptors (Lipinski definition) is 12. The van der Waals surface area contributed by atoms with E-state index in [1.54, 1.807) is 36.4 Å². The fraction of sp³-hybridized carbons (Fsp3) is 0.500. The van der Waals surface area contributed by atoms with Gasteiger partial charge in [-0.1, -0.05) is 38.5 Å². The molecule has 0 radical (unpaired) electrons.